The van der Waals surface area contributed by atoms with Gasteiger partial charge in [-0.2, -0.15) is 5.10 Å². The van der Waals surface area contributed by atoms with E-state index in [-0.39, 0.29) is 0 Å². The molecule has 0 aliphatic heterocycles. The van der Waals surface area contributed by atoms with E-state index in [1.165, 1.54) is 11.0 Å². The second kappa shape index (κ2) is 4.99. The van der Waals surface area contributed by atoms with E-state index in [9.17, 15) is 0 Å². The van der Waals surface area contributed by atoms with Gasteiger partial charge in [0, 0.05) is 16.2 Å². The third kappa shape index (κ3) is 2.64. The fraction of sp³-hybridized carbons (Fsp3) is 0. The maximum absolute atomic E-state index is 6.13. The number of benzene rings is 1. The first kappa shape index (κ1) is 11.6. The second-order valence-corrected chi connectivity index (χ2v) is 4.71. The van der Waals surface area contributed by atoms with Gasteiger partial charge in [-0.3, -0.25) is 0 Å². The largest absolute Gasteiger partial charge is 0.227 e. The Morgan fingerprint density at radius 3 is 2.88 bits per heavy atom. The van der Waals surface area contributed by atoms with Gasteiger partial charge in [0.05, 0.1) is 10.1 Å². The van der Waals surface area contributed by atoms with Gasteiger partial charge in [0.2, 0.25) is 0 Å². The molecule has 0 unspecified atom stereocenters. The Hall–Kier alpha value is -0.840. The Balaban J connectivity index is 2.37. The minimum atomic E-state index is 0.503. The Kier molecular flexibility index (Phi) is 3.63. The first-order chi connectivity index (χ1) is 7.66. The molecule has 0 spiro atoms. The smallest absolute Gasteiger partial charge is 0.138 e. The maximum Gasteiger partial charge on any atom is 0.138 e. The first-order valence-electron chi connectivity index (χ1n) is 4.33. The van der Waals surface area contributed by atoms with Gasteiger partial charge in [0.15, 0.2) is 0 Å². The van der Waals surface area contributed by atoms with E-state index < -0.39 is 0 Å². The highest BCUT2D eigenvalue weighted by atomic mass is 79.9. The van der Waals surface area contributed by atoms with Crippen molar-refractivity contribution in [3.63, 3.8) is 0 Å². The normalized spacial score (nSPS) is 11.8. The highest BCUT2D eigenvalue weighted by Gasteiger charge is 2.05. The second-order valence-electron chi connectivity index (χ2n) is 2.98. The minimum absolute atomic E-state index is 0.503. The summed E-state index contributed by atoms with van der Waals surface area (Å²) in [5.41, 5.74) is 0.752. The number of nitrogens with zero attached hydrogens (tertiary/aromatic N) is 3. The molecule has 0 atom stereocenters. The molecule has 3 nitrogen and oxygen atoms in total. The summed E-state index contributed by atoms with van der Waals surface area (Å²) in [6.07, 6.45) is 4.63. The van der Waals surface area contributed by atoms with E-state index in [0.29, 0.717) is 10.1 Å². The number of aromatic nitrogens is 3. The number of rotatable bonds is 2. The molecular formula is C10H6BrCl2N3. The molecule has 2 rings (SSSR count). The Morgan fingerprint density at radius 2 is 2.25 bits per heavy atom. The number of hydrogen-bond acceptors (Lipinski definition) is 2. The summed E-state index contributed by atoms with van der Waals surface area (Å²) in [5, 5.41) is 5.00. The summed E-state index contributed by atoms with van der Waals surface area (Å²) in [4.78, 5) is 3.81. The van der Waals surface area contributed by atoms with Gasteiger partial charge in [-0.25, -0.2) is 9.67 Å². The molecule has 2 aromatic rings. The molecular weight excluding hydrogens is 313 g/mol. The molecule has 1 heterocycles. The van der Waals surface area contributed by atoms with E-state index >= 15 is 0 Å². The maximum atomic E-state index is 6.13. The molecule has 0 bridgehead atoms. The van der Waals surface area contributed by atoms with Crippen LogP contribution in [0.1, 0.15) is 5.56 Å². The summed E-state index contributed by atoms with van der Waals surface area (Å²) in [6, 6.07) is 5.50. The number of hydrogen-bond donors (Lipinski definition) is 0. The lowest BCUT2D eigenvalue weighted by molar-refractivity contribution is 0.936. The van der Waals surface area contributed by atoms with Crippen molar-refractivity contribution in [2.45, 2.75) is 0 Å². The summed E-state index contributed by atoms with van der Waals surface area (Å²) in [6.45, 7) is 0. The standard InChI is InChI=1S/C10H6BrCl2N3/c11-7-1-2-8(9(12)3-7)10(13)4-16-6-14-5-15-16/h1-6H. The zero-order valence-electron chi connectivity index (χ0n) is 7.94. The van der Waals surface area contributed by atoms with Crippen molar-refractivity contribution in [2.75, 3.05) is 0 Å². The highest BCUT2D eigenvalue weighted by molar-refractivity contribution is 9.10. The van der Waals surface area contributed by atoms with E-state index in [1.54, 1.807) is 18.6 Å². The molecule has 0 N–H and O–H groups in total. The van der Waals surface area contributed by atoms with Gasteiger partial charge < -0.3 is 0 Å². The van der Waals surface area contributed by atoms with Crippen LogP contribution in [0.2, 0.25) is 5.02 Å². The Bertz CT molecular complexity index is 523. The van der Waals surface area contributed by atoms with Crippen molar-refractivity contribution >= 4 is 50.4 Å². The van der Waals surface area contributed by atoms with Crippen LogP contribution in [0.4, 0.5) is 0 Å². The summed E-state index contributed by atoms with van der Waals surface area (Å²) in [7, 11) is 0. The van der Waals surface area contributed by atoms with Crippen LogP contribution in [-0.2, 0) is 0 Å². The summed E-state index contributed by atoms with van der Waals surface area (Å²) < 4.78 is 2.42. The van der Waals surface area contributed by atoms with Gasteiger partial charge in [-0.05, 0) is 12.1 Å². The van der Waals surface area contributed by atoms with Gasteiger partial charge >= 0.3 is 0 Å². The van der Waals surface area contributed by atoms with E-state index in [0.717, 1.165) is 10.0 Å². The van der Waals surface area contributed by atoms with Crippen LogP contribution >= 0.6 is 39.1 Å². The average Bonchev–Trinajstić information content (AvgIpc) is 2.70. The van der Waals surface area contributed by atoms with Crippen LogP contribution in [0.5, 0.6) is 0 Å². The molecule has 0 amide bonds. The summed E-state index contributed by atoms with van der Waals surface area (Å²) >= 11 is 15.5. The van der Waals surface area contributed by atoms with Gasteiger partial charge in [-0.15, -0.1) is 0 Å². The van der Waals surface area contributed by atoms with Crippen molar-refractivity contribution in [2.24, 2.45) is 0 Å². The first-order valence-corrected chi connectivity index (χ1v) is 5.88. The predicted octanol–water partition coefficient (Wildman–Crippen LogP) is 3.89. The SMILES string of the molecule is ClC(=Cn1cncn1)c1ccc(Br)cc1Cl. The van der Waals surface area contributed by atoms with Gasteiger partial charge in [0.25, 0.3) is 0 Å². The molecule has 0 saturated carbocycles. The number of halogens is 3. The fourth-order valence-corrected chi connectivity index (χ4v) is 2.24. The van der Waals surface area contributed by atoms with Crippen LogP contribution in [0.15, 0.2) is 35.3 Å². The van der Waals surface area contributed by atoms with Gasteiger partial charge in [0.1, 0.15) is 12.7 Å². The Morgan fingerprint density at radius 1 is 1.44 bits per heavy atom. The minimum Gasteiger partial charge on any atom is -0.227 e. The molecule has 0 fully saturated rings. The molecule has 1 aromatic heterocycles. The molecule has 0 aliphatic carbocycles. The van der Waals surface area contributed by atoms with Crippen LogP contribution < -0.4 is 0 Å². The molecule has 0 radical (unpaired) electrons. The zero-order chi connectivity index (χ0) is 11.5. The predicted molar refractivity (Wildman–Crippen MR) is 69.2 cm³/mol. The third-order valence-corrected chi connectivity index (χ3v) is 2.98. The van der Waals surface area contributed by atoms with E-state index in [4.69, 9.17) is 23.2 Å². The fourth-order valence-electron chi connectivity index (χ4n) is 1.15. The van der Waals surface area contributed by atoms with Crippen LogP contribution in [-0.4, -0.2) is 14.8 Å². The Labute approximate surface area is 111 Å². The third-order valence-electron chi connectivity index (χ3n) is 1.87. The molecule has 16 heavy (non-hydrogen) atoms. The van der Waals surface area contributed by atoms with Crippen LogP contribution in [0, 0.1) is 0 Å². The van der Waals surface area contributed by atoms with Crippen molar-refractivity contribution in [1.82, 2.24) is 14.8 Å². The highest BCUT2D eigenvalue weighted by Crippen LogP contribution is 2.29. The molecule has 82 valence electrons. The molecule has 6 heteroatoms. The molecule has 0 saturated heterocycles. The van der Waals surface area contributed by atoms with E-state index in [1.807, 2.05) is 12.1 Å². The zero-order valence-corrected chi connectivity index (χ0v) is 11.0. The van der Waals surface area contributed by atoms with Gasteiger partial charge in [-0.1, -0.05) is 45.2 Å². The van der Waals surface area contributed by atoms with E-state index in [2.05, 4.69) is 26.0 Å². The lowest BCUT2D eigenvalue weighted by atomic mass is 10.2. The van der Waals surface area contributed by atoms with Crippen molar-refractivity contribution < 1.29 is 0 Å². The average molecular weight is 319 g/mol. The quantitative estimate of drug-likeness (QED) is 0.841. The lowest BCUT2D eigenvalue weighted by Gasteiger charge is -2.03. The lowest BCUT2D eigenvalue weighted by Crippen LogP contribution is -1.88. The monoisotopic (exact) mass is 317 g/mol. The summed E-state index contributed by atoms with van der Waals surface area (Å²) in [5.74, 6) is 0. The van der Waals surface area contributed by atoms with Crippen LogP contribution in [0.25, 0.3) is 11.2 Å². The molecule has 0 aliphatic rings. The van der Waals surface area contributed by atoms with Crippen molar-refractivity contribution in [1.29, 1.82) is 0 Å². The molecule has 1 aromatic carbocycles. The van der Waals surface area contributed by atoms with Crippen molar-refractivity contribution in [3.8, 4) is 0 Å². The topological polar surface area (TPSA) is 30.7 Å². The van der Waals surface area contributed by atoms with Crippen molar-refractivity contribution in [3.05, 3.63) is 45.9 Å². The van der Waals surface area contributed by atoms with Crippen LogP contribution in [0.3, 0.4) is 0 Å².